The van der Waals surface area contributed by atoms with Gasteiger partial charge in [0.2, 0.25) is 6.79 Å². The molecule has 1 aromatic heterocycles. The fourth-order valence-electron chi connectivity index (χ4n) is 4.36. The van der Waals surface area contributed by atoms with Crippen LogP contribution in [0.4, 0.5) is 0 Å². The monoisotopic (exact) mass is 634 g/mol. The van der Waals surface area contributed by atoms with Crippen molar-refractivity contribution in [1.29, 1.82) is 0 Å². The van der Waals surface area contributed by atoms with Gasteiger partial charge in [0.05, 0.1) is 46.2 Å². The number of allylic oxidation sites excluding steroid dienone is 1. The first kappa shape index (κ1) is 25.3. The number of carbonyl (C=O) groups excluding carboxylic acids is 1. The zero-order chi connectivity index (χ0) is 26.3. The number of rotatable bonds is 6. The van der Waals surface area contributed by atoms with Gasteiger partial charge in [0, 0.05) is 0 Å². The Labute approximate surface area is 229 Å². The molecule has 0 amide bonds. The van der Waals surface area contributed by atoms with Gasteiger partial charge in [-0.25, -0.2) is 9.79 Å². The van der Waals surface area contributed by atoms with E-state index in [0.717, 1.165) is 9.13 Å². The molecule has 192 valence electrons. The van der Waals surface area contributed by atoms with E-state index in [1.165, 1.54) is 11.3 Å². The summed E-state index contributed by atoms with van der Waals surface area (Å²) in [6, 6.07) is 8.37. The predicted molar refractivity (Wildman–Crippen MR) is 145 cm³/mol. The zero-order valence-corrected chi connectivity index (χ0v) is 23.5. The quantitative estimate of drug-likeness (QED) is 0.304. The first-order valence-electron chi connectivity index (χ1n) is 11.4. The lowest BCUT2D eigenvalue weighted by Gasteiger charge is -2.24. The molecule has 0 unspecified atom stereocenters. The lowest BCUT2D eigenvalue weighted by molar-refractivity contribution is -0.139. The van der Waals surface area contributed by atoms with E-state index in [9.17, 15) is 9.59 Å². The largest absolute Gasteiger partial charge is 0.493 e. The molecular weight excluding hydrogens is 611 g/mol. The molecule has 0 saturated carbocycles. The highest BCUT2D eigenvalue weighted by Crippen LogP contribution is 2.38. The molecule has 0 radical (unpaired) electrons. The van der Waals surface area contributed by atoms with Crippen LogP contribution in [0.3, 0.4) is 0 Å². The van der Waals surface area contributed by atoms with E-state index in [1.807, 2.05) is 18.2 Å². The van der Waals surface area contributed by atoms with E-state index in [1.54, 1.807) is 50.8 Å². The van der Waals surface area contributed by atoms with Gasteiger partial charge < -0.3 is 23.7 Å². The van der Waals surface area contributed by atoms with Crippen molar-refractivity contribution in [3.8, 4) is 23.0 Å². The van der Waals surface area contributed by atoms with Crippen molar-refractivity contribution < 1.29 is 28.5 Å². The van der Waals surface area contributed by atoms with Crippen molar-refractivity contribution >= 4 is 46.0 Å². The number of fused-ring (bicyclic) bond motifs is 2. The van der Waals surface area contributed by atoms with Crippen LogP contribution in [0, 0.1) is 3.57 Å². The van der Waals surface area contributed by atoms with E-state index in [-0.39, 0.29) is 19.0 Å². The zero-order valence-electron chi connectivity index (χ0n) is 20.5. The number of ether oxygens (including phenoxy) is 5. The Hall–Kier alpha value is -3.32. The summed E-state index contributed by atoms with van der Waals surface area (Å²) in [5, 5.41) is 0. The second-order valence-corrected chi connectivity index (χ2v) is 10.3. The van der Waals surface area contributed by atoms with Crippen LogP contribution < -0.4 is 33.8 Å². The van der Waals surface area contributed by atoms with Gasteiger partial charge in [-0.1, -0.05) is 17.4 Å². The number of halogens is 1. The Morgan fingerprint density at radius 1 is 1.22 bits per heavy atom. The van der Waals surface area contributed by atoms with Crippen molar-refractivity contribution in [1.82, 2.24) is 4.57 Å². The topological polar surface area (TPSA) is 97.6 Å². The SMILES string of the molecule is CCOC(=O)C1=C(C)N=c2s/c(=C\c3cc(I)c(OC)c(OC)c3)c(=O)n2[C@@H]1c1ccc2c(c1)OCO2. The molecule has 1 atom stereocenters. The number of thiazole rings is 1. The average molecular weight is 634 g/mol. The lowest BCUT2D eigenvalue weighted by atomic mass is 9.95. The first-order chi connectivity index (χ1) is 17.9. The molecule has 0 N–H and O–H groups in total. The molecule has 0 bridgehead atoms. The van der Waals surface area contributed by atoms with Crippen molar-refractivity contribution in [2.75, 3.05) is 27.6 Å². The Kier molecular flexibility index (Phi) is 6.99. The fraction of sp³-hybridized carbons (Fsp3) is 0.269. The third-order valence-electron chi connectivity index (χ3n) is 5.98. The second-order valence-electron chi connectivity index (χ2n) is 8.15. The number of aromatic nitrogens is 1. The summed E-state index contributed by atoms with van der Waals surface area (Å²) in [7, 11) is 3.15. The highest BCUT2D eigenvalue weighted by atomic mass is 127. The van der Waals surface area contributed by atoms with Crippen LogP contribution in [0.2, 0.25) is 0 Å². The molecule has 2 aliphatic heterocycles. The fourth-order valence-corrected chi connectivity index (χ4v) is 6.25. The van der Waals surface area contributed by atoms with E-state index in [0.29, 0.717) is 49.2 Å². The lowest BCUT2D eigenvalue weighted by Crippen LogP contribution is -2.39. The van der Waals surface area contributed by atoms with E-state index >= 15 is 0 Å². The molecule has 5 rings (SSSR count). The summed E-state index contributed by atoms with van der Waals surface area (Å²) in [6.45, 7) is 3.81. The highest BCUT2D eigenvalue weighted by molar-refractivity contribution is 14.1. The molecule has 0 spiro atoms. The number of carbonyl (C=O) groups is 1. The standard InChI is InChI=1S/C26H23IN2O7S/c1-5-34-25(31)21-13(2)28-26-29(22(21)15-6-7-17-18(11-15)36-12-35-17)24(30)20(37-26)10-14-8-16(27)23(33-4)19(9-14)32-3/h6-11,22H,5,12H2,1-4H3/b20-10-/t22-/m1/s1. The second kappa shape index (κ2) is 10.2. The van der Waals surface area contributed by atoms with Gasteiger partial charge in [-0.2, -0.15) is 0 Å². The van der Waals surface area contributed by atoms with Gasteiger partial charge >= 0.3 is 5.97 Å². The first-order valence-corrected chi connectivity index (χ1v) is 13.3. The number of hydrogen-bond acceptors (Lipinski definition) is 9. The minimum Gasteiger partial charge on any atom is -0.493 e. The minimum absolute atomic E-state index is 0.116. The van der Waals surface area contributed by atoms with E-state index < -0.39 is 12.0 Å². The Balaban J connectivity index is 1.71. The average Bonchev–Trinajstić information content (AvgIpc) is 3.46. The Bertz CT molecular complexity index is 1620. The number of methoxy groups -OCH3 is 2. The molecule has 0 fully saturated rings. The van der Waals surface area contributed by atoms with Gasteiger partial charge in [0.15, 0.2) is 27.8 Å². The van der Waals surface area contributed by atoms with Crippen LogP contribution in [-0.2, 0) is 9.53 Å². The normalized spacial score (nSPS) is 16.4. The molecular formula is C26H23IN2O7S. The van der Waals surface area contributed by atoms with Gasteiger partial charge in [-0.3, -0.25) is 9.36 Å². The van der Waals surface area contributed by atoms with E-state index in [4.69, 9.17) is 23.7 Å². The maximum Gasteiger partial charge on any atom is 0.338 e. The summed E-state index contributed by atoms with van der Waals surface area (Å²) >= 11 is 3.42. The van der Waals surface area contributed by atoms with Crippen LogP contribution in [0.1, 0.15) is 31.0 Å². The maximum atomic E-state index is 13.8. The van der Waals surface area contributed by atoms with Crippen molar-refractivity contribution in [2.24, 2.45) is 4.99 Å². The molecule has 11 heteroatoms. The molecule has 0 aliphatic carbocycles. The van der Waals surface area contributed by atoms with Crippen LogP contribution >= 0.6 is 33.9 Å². The molecule has 3 aromatic rings. The van der Waals surface area contributed by atoms with Crippen molar-refractivity contribution in [3.63, 3.8) is 0 Å². The van der Waals surface area contributed by atoms with Gasteiger partial charge in [-0.05, 0) is 77.9 Å². The van der Waals surface area contributed by atoms with Crippen LogP contribution in [0.15, 0.2) is 51.4 Å². The summed E-state index contributed by atoms with van der Waals surface area (Å²) in [6.07, 6.45) is 1.79. The van der Waals surface area contributed by atoms with Gasteiger partial charge in [0.1, 0.15) is 0 Å². The number of esters is 1. The molecule has 2 aromatic carbocycles. The van der Waals surface area contributed by atoms with Crippen molar-refractivity contribution in [2.45, 2.75) is 19.9 Å². The Morgan fingerprint density at radius 3 is 2.73 bits per heavy atom. The van der Waals surface area contributed by atoms with Gasteiger partial charge in [-0.15, -0.1) is 0 Å². The summed E-state index contributed by atoms with van der Waals surface area (Å²) < 4.78 is 30.1. The number of benzene rings is 2. The van der Waals surface area contributed by atoms with E-state index in [2.05, 4.69) is 27.6 Å². The molecule has 37 heavy (non-hydrogen) atoms. The molecule has 3 heterocycles. The third kappa shape index (κ3) is 4.50. The summed E-state index contributed by atoms with van der Waals surface area (Å²) in [4.78, 5) is 32.0. The van der Waals surface area contributed by atoms with Crippen molar-refractivity contribution in [3.05, 3.63) is 76.0 Å². The third-order valence-corrected chi connectivity index (χ3v) is 7.77. The van der Waals surface area contributed by atoms with Crippen LogP contribution in [0.5, 0.6) is 23.0 Å². The number of hydrogen-bond donors (Lipinski definition) is 0. The summed E-state index contributed by atoms with van der Waals surface area (Å²) in [5.74, 6) is 1.83. The molecule has 2 aliphatic rings. The Morgan fingerprint density at radius 2 is 2.00 bits per heavy atom. The van der Waals surface area contributed by atoms with Gasteiger partial charge in [0.25, 0.3) is 5.56 Å². The predicted octanol–water partition coefficient (Wildman–Crippen LogP) is 3.15. The number of nitrogens with zero attached hydrogens (tertiary/aromatic N) is 2. The molecule has 0 saturated heterocycles. The van der Waals surface area contributed by atoms with Crippen LogP contribution in [-0.4, -0.2) is 38.2 Å². The smallest absolute Gasteiger partial charge is 0.338 e. The maximum absolute atomic E-state index is 13.8. The summed E-state index contributed by atoms with van der Waals surface area (Å²) in [5.41, 5.74) is 1.99. The van der Waals surface area contributed by atoms with Crippen LogP contribution in [0.25, 0.3) is 6.08 Å². The highest BCUT2D eigenvalue weighted by Gasteiger charge is 2.34. The minimum atomic E-state index is -0.738. The molecule has 9 nitrogen and oxygen atoms in total.